The van der Waals surface area contributed by atoms with E-state index in [0.717, 1.165) is 18.2 Å². The third kappa shape index (κ3) is 3.30. The number of allylic oxidation sites excluding steroid dienone is 1. The molecule has 5 heteroatoms. The first kappa shape index (κ1) is 13.7. The van der Waals surface area contributed by atoms with Crippen molar-refractivity contribution in [1.29, 1.82) is 0 Å². The highest BCUT2D eigenvalue weighted by molar-refractivity contribution is 5.33. The normalized spacial score (nSPS) is 13.5. The summed E-state index contributed by atoms with van der Waals surface area (Å²) in [5.41, 5.74) is 4.12. The molecule has 0 saturated carbocycles. The first-order valence-electron chi connectivity index (χ1n) is 5.10. The molecule has 17 heavy (non-hydrogen) atoms. The van der Waals surface area contributed by atoms with Crippen LogP contribution in [0.5, 0.6) is 0 Å². The first-order valence-corrected chi connectivity index (χ1v) is 5.10. The van der Waals surface area contributed by atoms with Crippen LogP contribution >= 0.6 is 0 Å². The Bertz CT molecular complexity index is 398. The summed E-state index contributed by atoms with van der Waals surface area (Å²) >= 11 is 0. The summed E-state index contributed by atoms with van der Waals surface area (Å²) in [6, 6.07) is 1.87. The number of halogens is 4. The minimum Gasteiger partial charge on any atom is -0.324 e. The van der Waals surface area contributed by atoms with Gasteiger partial charge in [0.15, 0.2) is 0 Å². The molecule has 1 nitrogen and oxygen atoms in total. The van der Waals surface area contributed by atoms with Crippen LogP contribution < -0.4 is 5.73 Å². The molecule has 0 unspecified atom stereocenters. The van der Waals surface area contributed by atoms with Gasteiger partial charge in [0.2, 0.25) is 0 Å². The molecule has 2 N–H and O–H groups in total. The quantitative estimate of drug-likeness (QED) is 0.635. The fourth-order valence-corrected chi connectivity index (χ4v) is 1.60. The maximum Gasteiger partial charge on any atom is 0.416 e. The lowest BCUT2D eigenvalue weighted by Gasteiger charge is -2.18. The van der Waals surface area contributed by atoms with E-state index in [1.54, 1.807) is 0 Å². The molecule has 1 rings (SSSR count). The minimum atomic E-state index is -4.59. The minimum absolute atomic E-state index is 0.230. The van der Waals surface area contributed by atoms with Crippen molar-refractivity contribution in [2.24, 2.45) is 5.73 Å². The Kier molecular flexibility index (Phi) is 4.28. The average Bonchev–Trinajstić information content (AvgIpc) is 2.24. The van der Waals surface area contributed by atoms with Gasteiger partial charge in [-0.05, 0) is 25.0 Å². The summed E-state index contributed by atoms with van der Waals surface area (Å²) in [5, 5.41) is 0. The van der Waals surface area contributed by atoms with Gasteiger partial charge in [0.05, 0.1) is 5.56 Å². The average molecular weight is 247 g/mol. The van der Waals surface area contributed by atoms with Crippen molar-refractivity contribution in [3.05, 3.63) is 47.8 Å². The Balaban J connectivity index is 3.16. The number of alkyl halides is 3. The Hall–Kier alpha value is -1.36. The smallest absolute Gasteiger partial charge is 0.324 e. The molecule has 0 fully saturated rings. The van der Waals surface area contributed by atoms with Crippen molar-refractivity contribution < 1.29 is 17.6 Å². The summed E-state index contributed by atoms with van der Waals surface area (Å²) in [7, 11) is 0. The Morgan fingerprint density at radius 1 is 1.35 bits per heavy atom. The van der Waals surface area contributed by atoms with Gasteiger partial charge in [-0.3, -0.25) is 0 Å². The van der Waals surface area contributed by atoms with Gasteiger partial charge in [-0.15, -0.1) is 6.58 Å². The number of hydrogen-bond donors (Lipinski definition) is 1. The second-order valence-electron chi connectivity index (χ2n) is 3.67. The van der Waals surface area contributed by atoms with Crippen LogP contribution in [0.3, 0.4) is 0 Å². The number of hydrogen-bond acceptors (Lipinski definition) is 1. The van der Waals surface area contributed by atoms with Crippen molar-refractivity contribution in [2.75, 3.05) is 0 Å². The second kappa shape index (κ2) is 5.31. The van der Waals surface area contributed by atoms with Gasteiger partial charge in [-0.2, -0.15) is 13.2 Å². The van der Waals surface area contributed by atoms with Gasteiger partial charge >= 0.3 is 6.18 Å². The van der Waals surface area contributed by atoms with E-state index in [4.69, 9.17) is 5.73 Å². The van der Waals surface area contributed by atoms with Crippen LogP contribution in [0.4, 0.5) is 17.6 Å². The molecule has 0 spiro atoms. The predicted molar refractivity (Wildman–Crippen MR) is 57.8 cm³/mol. The third-order valence-electron chi connectivity index (χ3n) is 2.41. The molecule has 94 valence electrons. The largest absolute Gasteiger partial charge is 0.416 e. The lowest BCUT2D eigenvalue weighted by atomic mass is 9.96. The lowest BCUT2D eigenvalue weighted by Crippen LogP contribution is -2.19. The van der Waals surface area contributed by atoms with E-state index in [-0.39, 0.29) is 6.42 Å². The van der Waals surface area contributed by atoms with Crippen LogP contribution in [0.15, 0.2) is 30.9 Å². The van der Waals surface area contributed by atoms with E-state index in [0.29, 0.717) is 6.42 Å². The van der Waals surface area contributed by atoms with Crippen LogP contribution in [0, 0.1) is 5.82 Å². The molecule has 0 aliphatic heterocycles. The maximum atomic E-state index is 13.5. The summed E-state index contributed by atoms with van der Waals surface area (Å²) in [6.07, 6.45) is -2.39. The highest BCUT2D eigenvalue weighted by Crippen LogP contribution is 2.36. The first-order chi connectivity index (χ1) is 7.88. The number of nitrogens with two attached hydrogens (primary N) is 1. The fourth-order valence-electron chi connectivity index (χ4n) is 1.60. The van der Waals surface area contributed by atoms with Crippen molar-refractivity contribution in [3.63, 3.8) is 0 Å². The molecule has 0 aliphatic rings. The second-order valence-corrected chi connectivity index (χ2v) is 3.67. The van der Waals surface area contributed by atoms with E-state index in [2.05, 4.69) is 6.58 Å². The SMILES string of the molecule is C=CCC[C@H](N)c1c(F)cccc1C(F)(F)F. The molecule has 0 aromatic heterocycles. The van der Waals surface area contributed by atoms with Crippen molar-refractivity contribution in [3.8, 4) is 0 Å². The number of rotatable bonds is 4. The Labute approximate surface area is 96.9 Å². The summed E-state index contributed by atoms with van der Waals surface area (Å²) < 4.78 is 51.5. The monoisotopic (exact) mass is 247 g/mol. The topological polar surface area (TPSA) is 26.0 Å². The van der Waals surface area contributed by atoms with E-state index < -0.39 is 29.2 Å². The predicted octanol–water partition coefficient (Wildman–Crippen LogP) is 3.81. The molecular formula is C12H13F4N. The van der Waals surface area contributed by atoms with Gasteiger partial charge in [-0.1, -0.05) is 12.1 Å². The van der Waals surface area contributed by atoms with Crippen molar-refractivity contribution in [2.45, 2.75) is 25.1 Å². The molecule has 0 saturated heterocycles. The summed E-state index contributed by atoms with van der Waals surface area (Å²) in [4.78, 5) is 0. The van der Waals surface area contributed by atoms with E-state index in [1.165, 1.54) is 6.08 Å². The van der Waals surface area contributed by atoms with Crippen molar-refractivity contribution >= 4 is 0 Å². The van der Waals surface area contributed by atoms with Crippen LogP contribution in [0.25, 0.3) is 0 Å². The molecule has 1 aromatic carbocycles. The van der Waals surface area contributed by atoms with Crippen LogP contribution in [0.2, 0.25) is 0 Å². The van der Waals surface area contributed by atoms with E-state index in [9.17, 15) is 17.6 Å². The molecule has 0 radical (unpaired) electrons. The zero-order chi connectivity index (χ0) is 13.1. The van der Waals surface area contributed by atoms with Gasteiger partial charge in [-0.25, -0.2) is 4.39 Å². The standard InChI is InChI=1S/C12H13F4N/c1-2-3-7-10(17)11-8(12(14,15)16)5-4-6-9(11)13/h2,4-6,10H,1,3,7,17H2/t10-/m0/s1. The maximum absolute atomic E-state index is 13.5. The van der Waals surface area contributed by atoms with E-state index >= 15 is 0 Å². The van der Waals surface area contributed by atoms with Gasteiger partial charge < -0.3 is 5.73 Å². The molecular weight excluding hydrogens is 234 g/mol. The molecule has 0 bridgehead atoms. The van der Waals surface area contributed by atoms with Gasteiger partial charge in [0.1, 0.15) is 5.82 Å². The molecule has 0 amide bonds. The van der Waals surface area contributed by atoms with Crippen LogP contribution in [-0.4, -0.2) is 0 Å². The molecule has 1 aromatic rings. The Morgan fingerprint density at radius 2 is 2.00 bits per heavy atom. The Morgan fingerprint density at radius 3 is 2.53 bits per heavy atom. The third-order valence-corrected chi connectivity index (χ3v) is 2.41. The highest BCUT2D eigenvalue weighted by Gasteiger charge is 2.35. The molecule has 0 heterocycles. The van der Waals surface area contributed by atoms with E-state index in [1.807, 2.05) is 0 Å². The number of benzene rings is 1. The van der Waals surface area contributed by atoms with Gasteiger partial charge in [0.25, 0.3) is 0 Å². The fraction of sp³-hybridized carbons (Fsp3) is 0.333. The highest BCUT2D eigenvalue weighted by atomic mass is 19.4. The molecule has 0 aliphatic carbocycles. The summed E-state index contributed by atoms with van der Waals surface area (Å²) in [5.74, 6) is -0.920. The van der Waals surface area contributed by atoms with Crippen LogP contribution in [-0.2, 0) is 6.18 Å². The zero-order valence-corrected chi connectivity index (χ0v) is 9.10. The van der Waals surface area contributed by atoms with Crippen molar-refractivity contribution in [1.82, 2.24) is 0 Å². The van der Waals surface area contributed by atoms with Crippen LogP contribution in [0.1, 0.15) is 30.0 Å². The zero-order valence-electron chi connectivity index (χ0n) is 9.10. The van der Waals surface area contributed by atoms with Gasteiger partial charge in [0, 0.05) is 11.6 Å². The summed E-state index contributed by atoms with van der Waals surface area (Å²) in [6.45, 7) is 3.45. The molecule has 1 atom stereocenters. The lowest BCUT2D eigenvalue weighted by molar-refractivity contribution is -0.138.